The van der Waals surface area contributed by atoms with Crippen molar-refractivity contribution in [2.75, 3.05) is 85.8 Å². The number of ether oxygens (including phenoxy) is 6. The highest BCUT2D eigenvalue weighted by Gasteiger charge is 1.95. The summed E-state index contributed by atoms with van der Waals surface area (Å²) in [6.07, 6.45) is 0.445. The van der Waals surface area contributed by atoms with Gasteiger partial charge in [0.15, 0.2) is 0 Å². The van der Waals surface area contributed by atoms with Gasteiger partial charge in [-0.1, -0.05) is 5.11 Å². The van der Waals surface area contributed by atoms with Crippen LogP contribution in [-0.2, 0) is 33.2 Å². The Labute approximate surface area is 154 Å². The van der Waals surface area contributed by atoms with Crippen LogP contribution in [0.3, 0.4) is 0 Å². The summed E-state index contributed by atoms with van der Waals surface area (Å²) in [5, 5.41) is 3.35. The lowest BCUT2D eigenvalue weighted by Gasteiger charge is -2.08. The SMILES string of the molecule is CC(=O)CCOCCOCCOCCOCCOCCOCCN=[N+]=[N-]. The lowest BCUT2D eigenvalue weighted by atomic mass is 10.3. The van der Waals surface area contributed by atoms with Crippen molar-refractivity contribution in [3.63, 3.8) is 0 Å². The normalized spacial score (nSPS) is 10.7. The second-order valence-electron chi connectivity index (χ2n) is 5.08. The molecule has 0 fully saturated rings. The zero-order valence-electron chi connectivity index (χ0n) is 15.6. The molecule has 0 spiro atoms. The molecule has 0 saturated heterocycles. The van der Waals surface area contributed by atoms with E-state index in [9.17, 15) is 4.79 Å². The van der Waals surface area contributed by atoms with Crippen LogP contribution in [0, 0.1) is 0 Å². The van der Waals surface area contributed by atoms with E-state index in [0.29, 0.717) is 92.2 Å². The van der Waals surface area contributed by atoms with Crippen LogP contribution in [0.15, 0.2) is 5.11 Å². The van der Waals surface area contributed by atoms with Crippen molar-refractivity contribution in [3.8, 4) is 0 Å². The van der Waals surface area contributed by atoms with Crippen LogP contribution in [-0.4, -0.2) is 91.6 Å². The van der Waals surface area contributed by atoms with Crippen molar-refractivity contribution in [1.29, 1.82) is 0 Å². The number of hydrogen-bond acceptors (Lipinski definition) is 8. The van der Waals surface area contributed by atoms with Gasteiger partial charge in [-0.05, 0) is 12.5 Å². The van der Waals surface area contributed by atoms with Crippen molar-refractivity contribution in [2.45, 2.75) is 13.3 Å². The molecule has 0 aliphatic carbocycles. The Morgan fingerprint density at radius 1 is 0.692 bits per heavy atom. The van der Waals surface area contributed by atoms with Crippen LogP contribution >= 0.6 is 0 Å². The van der Waals surface area contributed by atoms with E-state index in [1.54, 1.807) is 6.92 Å². The molecular weight excluding hydrogens is 346 g/mol. The average Bonchev–Trinajstić information content (AvgIpc) is 2.62. The van der Waals surface area contributed by atoms with Crippen molar-refractivity contribution in [3.05, 3.63) is 10.4 Å². The molecule has 0 aromatic rings. The maximum atomic E-state index is 10.7. The van der Waals surface area contributed by atoms with Crippen LogP contribution in [0.4, 0.5) is 0 Å². The molecule has 0 rings (SSSR count). The van der Waals surface area contributed by atoms with E-state index in [0.717, 1.165) is 0 Å². The molecular formula is C16H31N3O7. The molecule has 0 aromatic heterocycles. The molecule has 0 aromatic carbocycles. The fourth-order valence-corrected chi connectivity index (χ4v) is 1.57. The van der Waals surface area contributed by atoms with Gasteiger partial charge in [0.2, 0.25) is 0 Å². The van der Waals surface area contributed by atoms with E-state index in [-0.39, 0.29) is 5.78 Å². The number of rotatable bonds is 21. The zero-order chi connectivity index (χ0) is 19.1. The van der Waals surface area contributed by atoms with Crippen LogP contribution in [0.5, 0.6) is 0 Å². The molecule has 0 atom stereocenters. The highest BCUT2D eigenvalue weighted by molar-refractivity contribution is 5.75. The van der Waals surface area contributed by atoms with Crippen molar-refractivity contribution in [1.82, 2.24) is 0 Å². The van der Waals surface area contributed by atoms with Gasteiger partial charge in [-0.25, -0.2) is 0 Å². The molecule has 152 valence electrons. The summed E-state index contributed by atoms with van der Waals surface area (Å²) >= 11 is 0. The molecule has 0 saturated carbocycles. The minimum atomic E-state index is 0.126. The molecule has 10 nitrogen and oxygen atoms in total. The first-order valence-corrected chi connectivity index (χ1v) is 8.74. The molecule has 0 radical (unpaired) electrons. The lowest BCUT2D eigenvalue weighted by molar-refractivity contribution is -0.118. The van der Waals surface area contributed by atoms with E-state index in [2.05, 4.69) is 10.0 Å². The summed E-state index contributed by atoms with van der Waals surface area (Å²) in [7, 11) is 0. The van der Waals surface area contributed by atoms with Gasteiger partial charge in [-0.2, -0.15) is 0 Å². The number of hydrogen-bond donors (Lipinski definition) is 0. The Bertz CT molecular complexity index is 346. The van der Waals surface area contributed by atoms with E-state index in [4.69, 9.17) is 34.0 Å². The Morgan fingerprint density at radius 2 is 1.04 bits per heavy atom. The number of carbonyl (C=O) groups excluding carboxylic acids is 1. The number of carbonyl (C=O) groups is 1. The Hall–Kier alpha value is -1.26. The van der Waals surface area contributed by atoms with Gasteiger partial charge in [0, 0.05) is 17.9 Å². The minimum absolute atomic E-state index is 0.126. The first-order chi connectivity index (χ1) is 12.8. The van der Waals surface area contributed by atoms with Crippen LogP contribution in [0.1, 0.15) is 13.3 Å². The van der Waals surface area contributed by atoms with Crippen LogP contribution in [0.2, 0.25) is 0 Å². The van der Waals surface area contributed by atoms with Crippen molar-refractivity contribution < 1.29 is 33.2 Å². The molecule has 0 aliphatic rings. The fraction of sp³-hybridized carbons (Fsp3) is 0.938. The molecule has 0 unspecified atom stereocenters. The number of Topliss-reactive ketones (excluding diaryl/α,β-unsaturated/α-hetero) is 1. The van der Waals surface area contributed by atoms with Gasteiger partial charge < -0.3 is 28.4 Å². The van der Waals surface area contributed by atoms with Crippen molar-refractivity contribution >= 4 is 5.78 Å². The summed E-state index contributed by atoms with van der Waals surface area (Å²) in [6.45, 7) is 7.63. The molecule has 0 N–H and O–H groups in total. The Balaban J connectivity index is 3.00. The zero-order valence-corrected chi connectivity index (χ0v) is 15.6. The first-order valence-electron chi connectivity index (χ1n) is 8.74. The van der Waals surface area contributed by atoms with Gasteiger partial charge in [-0.15, -0.1) is 0 Å². The predicted molar refractivity (Wildman–Crippen MR) is 94.2 cm³/mol. The standard InChI is InChI=1S/C16H31N3O7/c1-16(20)2-4-21-6-8-23-10-12-25-14-15-26-13-11-24-9-7-22-5-3-18-19-17/h2-15H2,1H3. The first kappa shape index (κ1) is 24.7. The van der Waals surface area contributed by atoms with Gasteiger partial charge >= 0.3 is 0 Å². The second kappa shape index (κ2) is 21.8. The lowest BCUT2D eigenvalue weighted by Crippen LogP contribution is -2.14. The number of azide groups is 1. The van der Waals surface area contributed by atoms with E-state index in [1.165, 1.54) is 0 Å². The number of nitrogens with zero attached hydrogens (tertiary/aromatic N) is 3. The van der Waals surface area contributed by atoms with Gasteiger partial charge in [0.1, 0.15) is 5.78 Å². The topological polar surface area (TPSA) is 121 Å². The maximum absolute atomic E-state index is 10.7. The summed E-state index contributed by atoms with van der Waals surface area (Å²) in [6, 6.07) is 0. The molecule has 0 heterocycles. The Kier molecular flexibility index (Phi) is 20.7. The number of ketones is 1. The largest absolute Gasteiger partial charge is 0.379 e. The van der Waals surface area contributed by atoms with Crippen LogP contribution in [0.25, 0.3) is 10.4 Å². The highest BCUT2D eigenvalue weighted by Crippen LogP contribution is 1.86. The Morgan fingerprint density at radius 3 is 1.38 bits per heavy atom. The molecule has 0 amide bonds. The van der Waals surface area contributed by atoms with Gasteiger partial charge in [-0.3, -0.25) is 4.79 Å². The predicted octanol–water partition coefficient (Wildman–Crippen LogP) is 1.38. The monoisotopic (exact) mass is 377 g/mol. The summed E-state index contributed by atoms with van der Waals surface area (Å²) in [5.74, 6) is 0.126. The molecule has 26 heavy (non-hydrogen) atoms. The fourth-order valence-electron chi connectivity index (χ4n) is 1.57. The quantitative estimate of drug-likeness (QED) is 0.128. The second-order valence-corrected chi connectivity index (χ2v) is 5.08. The minimum Gasteiger partial charge on any atom is -0.379 e. The third-order valence-electron chi connectivity index (χ3n) is 2.86. The van der Waals surface area contributed by atoms with Crippen molar-refractivity contribution in [2.24, 2.45) is 5.11 Å². The average molecular weight is 377 g/mol. The smallest absolute Gasteiger partial charge is 0.132 e. The van der Waals surface area contributed by atoms with E-state index >= 15 is 0 Å². The highest BCUT2D eigenvalue weighted by atomic mass is 16.6. The molecule has 0 bridgehead atoms. The maximum Gasteiger partial charge on any atom is 0.132 e. The van der Waals surface area contributed by atoms with Gasteiger partial charge in [0.05, 0.1) is 79.3 Å². The third kappa shape index (κ3) is 22.7. The molecule has 10 heteroatoms. The summed E-state index contributed by atoms with van der Waals surface area (Å²) < 4.78 is 31.7. The summed E-state index contributed by atoms with van der Waals surface area (Å²) in [4.78, 5) is 13.3. The van der Waals surface area contributed by atoms with Crippen LogP contribution < -0.4 is 0 Å². The van der Waals surface area contributed by atoms with E-state index in [1.807, 2.05) is 0 Å². The molecule has 0 aliphatic heterocycles. The summed E-state index contributed by atoms with van der Waals surface area (Å²) in [5.41, 5.74) is 8.07. The third-order valence-corrected chi connectivity index (χ3v) is 2.86. The van der Waals surface area contributed by atoms with E-state index < -0.39 is 0 Å². The van der Waals surface area contributed by atoms with Gasteiger partial charge in [0.25, 0.3) is 0 Å².